The van der Waals surface area contributed by atoms with Crippen molar-refractivity contribution >= 4 is 17.2 Å². The van der Waals surface area contributed by atoms with Crippen LogP contribution in [0.2, 0.25) is 0 Å². The predicted molar refractivity (Wildman–Crippen MR) is 87.9 cm³/mol. The van der Waals surface area contributed by atoms with Gasteiger partial charge in [-0.25, -0.2) is 4.98 Å². The highest BCUT2D eigenvalue weighted by Crippen LogP contribution is 2.20. The highest BCUT2D eigenvalue weighted by atomic mass is 16.0. The average Bonchev–Trinajstić information content (AvgIpc) is 2.48. The first-order valence-corrected chi connectivity index (χ1v) is 7.07. The van der Waals surface area contributed by atoms with Crippen LogP contribution in [0.1, 0.15) is 5.56 Å². The number of benzene rings is 1. The molecule has 1 aliphatic heterocycles. The summed E-state index contributed by atoms with van der Waals surface area (Å²) in [7, 11) is 0. The van der Waals surface area contributed by atoms with Gasteiger partial charge in [0, 0.05) is 50.2 Å². The summed E-state index contributed by atoms with van der Waals surface area (Å²) < 4.78 is 0. The number of pyridine rings is 1. The molecule has 1 saturated heterocycles. The van der Waals surface area contributed by atoms with E-state index in [2.05, 4.69) is 57.8 Å². The third-order valence-corrected chi connectivity index (χ3v) is 3.81. The van der Waals surface area contributed by atoms with E-state index in [-0.39, 0.29) is 11.0 Å². The summed E-state index contributed by atoms with van der Waals surface area (Å²) >= 11 is 0. The van der Waals surface area contributed by atoms with Gasteiger partial charge >= 0.3 is 0 Å². The van der Waals surface area contributed by atoms with Crippen LogP contribution in [0.5, 0.6) is 0 Å². The second kappa shape index (κ2) is 7.74. The molecule has 3 rings (SSSR count). The molecule has 0 radical (unpaired) electrons. The molecule has 0 saturated carbocycles. The van der Waals surface area contributed by atoms with Gasteiger partial charge in [-0.05, 0) is 36.8 Å². The highest BCUT2D eigenvalue weighted by Gasteiger charge is 2.18. The van der Waals surface area contributed by atoms with Gasteiger partial charge < -0.3 is 26.5 Å². The summed E-state index contributed by atoms with van der Waals surface area (Å²) in [6.07, 6.45) is 1.89. The molecule has 6 N–H and O–H groups in total. The first-order chi connectivity index (χ1) is 9.72. The average molecular weight is 304 g/mol. The summed E-state index contributed by atoms with van der Waals surface area (Å²) in [6, 6.07) is 12.7. The minimum absolute atomic E-state index is 0. The van der Waals surface area contributed by atoms with Crippen molar-refractivity contribution in [2.75, 3.05) is 36.0 Å². The molecule has 1 aromatic carbocycles. The summed E-state index contributed by atoms with van der Waals surface area (Å²) in [4.78, 5) is 9.25. The lowest BCUT2D eigenvalue weighted by molar-refractivity contribution is -0.254. The number of quaternary nitrogens is 1. The molecule has 1 fully saturated rings. The third kappa shape index (κ3) is 3.94. The topological polar surface area (TPSA) is 109 Å². The zero-order valence-corrected chi connectivity index (χ0v) is 12.9. The van der Waals surface area contributed by atoms with E-state index in [1.807, 2.05) is 12.3 Å². The van der Waals surface area contributed by atoms with Crippen molar-refractivity contribution < 1.29 is 16.7 Å². The smallest absolute Gasteiger partial charge is 0.128 e. The predicted octanol–water partition coefficient (Wildman–Crippen LogP) is 0.589. The van der Waals surface area contributed by atoms with Gasteiger partial charge in [-0.1, -0.05) is 0 Å². The molecular weight excluding hydrogens is 280 g/mol. The minimum atomic E-state index is 0. The zero-order valence-electron chi connectivity index (χ0n) is 12.9. The van der Waals surface area contributed by atoms with E-state index >= 15 is 0 Å². The largest absolute Gasteiger partial charge is 0.870 e. The molecule has 6 heteroatoms. The van der Waals surface area contributed by atoms with Crippen molar-refractivity contribution in [2.24, 2.45) is 0 Å². The summed E-state index contributed by atoms with van der Waals surface area (Å²) in [5.41, 5.74) is 7.55. The van der Waals surface area contributed by atoms with E-state index in [0.717, 1.165) is 37.7 Å². The summed E-state index contributed by atoms with van der Waals surface area (Å²) in [5, 5.41) is 0. The lowest BCUT2D eigenvalue weighted by atomic mass is 10.2. The van der Waals surface area contributed by atoms with Crippen LogP contribution in [0, 0.1) is 6.92 Å². The Labute approximate surface area is 130 Å². The molecule has 120 valence electrons. The molecular formula is C16H24N4O2. The Balaban J connectivity index is 0.00000121. The molecule has 2 aromatic rings. The molecule has 0 spiro atoms. The maximum Gasteiger partial charge on any atom is 0.128 e. The SMILES string of the molecule is Cc1ccnc(N2CCN(c3ccc([NH3+])cc3)CC2)c1.O.[OH-]. The Hall–Kier alpha value is -2.15. The number of hydrogen-bond donors (Lipinski definition) is 1. The fourth-order valence-electron chi connectivity index (χ4n) is 2.59. The maximum absolute atomic E-state index is 4.47. The number of nitrogens with zero attached hydrogens (tertiary/aromatic N) is 3. The van der Waals surface area contributed by atoms with E-state index in [1.165, 1.54) is 11.3 Å². The van der Waals surface area contributed by atoms with Gasteiger partial charge in [0.2, 0.25) is 0 Å². The zero-order chi connectivity index (χ0) is 13.9. The maximum atomic E-state index is 4.47. The number of anilines is 2. The lowest BCUT2D eigenvalue weighted by Crippen LogP contribution is -2.47. The first-order valence-electron chi connectivity index (χ1n) is 7.07. The monoisotopic (exact) mass is 304 g/mol. The quantitative estimate of drug-likeness (QED) is 0.875. The van der Waals surface area contributed by atoms with Crippen molar-refractivity contribution in [2.45, 2.75) is 6.92 Å². The van der Waals surface area contributed by atoms with Gasteiger partial charge in [-0.3, -0.25) is 0 Å². The first kappa shape index (κ1) is 17.9. The molecule has 6 nitrogen and oxygen atoms in total. The van der Waals surface area contributed by atoms with Crippen LogP contribution in [0.3, 0.4) is 0 Å². The Bertz CT molecular complexity index is 581. The lowest BCUT2D eigenvalue weighted by Gasteiger charge is -2.36. The van der Waals surface area contributed by atoms with Crippen LogP contribution >= 0.6 is 0 Å². The Kier molecular flexibility index (Phi) is 6.30. The Morgan fingerprint density at radius 2 is 1.55 bits per heavy atom. The van der Waals surface area contributed by atoms with Gasteiger partial charge in [-0.2, -0.15) is 0 Å². The van der Waals surface area contributed by atoms with Crippen molar-refractivity contribution in [1.82, 2.24) is 4.98 Å². The number of aromatic nitrogens is 1. The molecule has 0 unspecified atom stereocenters. The molecule has 0 atom stereocenters. The van der Waals surface area contributed by atoms with E-state index in [9.17, 15) is 0 Å². The molecule has 0 amide bonds. The van der Waals surface area contributed by atoms with E-state index < -0.39 is 0 Å². The normalized spacial score (nSPS) is 14.1. The van der Waals surface area contributed by atoms with E-state index in [0.29, 0.717) is 0 Å². The Morgan fingerprint density at radius 1 is 0.955 bits per heavy atom. The highest BCUT2D eigenvalue weighted by molar-refractivity contribution is 5.52. The van der Waals surface area contributed by atoms with Crippen molar-refractivity contribution in [3.63, 3.8) is 0 Å². The fraction of sp³-hybridized carbons (Fsp3) is 0.312. The summed E-state index contributed by atoms with van der Waals surface area (Å²) in [6.45, 7) is 6.21. The Morgan fingerprint density at radius 3 is 2.14 bits per heavy atom. The van der Waals surface area contributed by atoms with Gasteiger partial charge in [0.05, 0.1) is 0 Å². The molecule has 2 heterocycles. The van der Waals surface area contributed by atoms with Gasteiger partial charge in [0.25, 0.3) is 0 Å². The molecule has 0 bridgehead atoms. The molecule has 22 heavy (non-hydrogen) atoms. The van der Waals surface area contributed by atoms with Crippen LogP contribution in [-0.4, -0.2) is 42.1 Å². The van der Waals surface area contributed by atoms with Gasteiger partial charge in [-0.15, -0.1) is 0 Å². The van der Waals surface area contributed by atoms with Crippen molar-refractivity contribution in [3.8, 4) is 0 Å². The molecule has 1 aliphatic rings. The molecule has 1 aromatic heterocycles. The number of piperazine rings is 1. The van der Waals surface area contributed by atoms with Crippen molar-refractivity contribution in [1.29, 1.82) is 0 Å². The van der Waals surface area contributed by atoms with Crippen LogP contribution in [0.25, 0.3) is 0 Å². The van der Waals surface area contributed by atoms with Crippen LogP contribution in [-0.2, 0) is 0 Å². The number of hydrogen-bond acceptors (Lipinski definition) is 4. The number of aryl methyl sites for hydroxylation is 1. The van der Waals surface area contributed by atoms with E-state index in [4.69, 9.17) is 0 Å². The van der Waals surface area contributed by atoms with Crippen LogP contribution in [0.15, 0.2) is 42.6 Å². The minimum Gasteiger partial charge on any atom is -0.870 e. The summed E-state index contributed by atoms with van der Waals surface area (Å²) in [5.74, 6) is 1.10. The third-order valence-electron chi connectivity index (χ3n) is 3.81. The van der Waals surface area contributed by atoms with Gasteiger partial charge in [0.1, 0.15) is 11.5 Å². The van der Waals surface area contributed by atoms with Crippen LogP contribution in [0.4, 0.5) is 17.2 Å². The fourth-order valence-corrected chi connectivity index (χ4v) is 2.59. The second-order valence-corrected chi connectivity index (χ2v) is 5.33. The number of rotatable bonds is 2. The second-order valence-electron chi connectivity index (χ2n) is 5.33. The van der Waals surface area contributed by atoms with Gasteiger partial charge in [0.15, 0.2) is 0 Å². The van der Waals surface area contributed by atoms with Crippen LogP contribution < -0.4 is 15.5 Å². The standard InChI is InChI=1S/C16H20N4.2H2O/c1-13-6-7-18-16(12-13)20-10-8-19(9-11-20)15-4-2-14(17)3-5-15;;/h2-7,12H,8-11,17H2,1H3;2*1H2. The van der Waals surface area contributed by atoms with Crippen molar-refractivity contribution in [3.05, 3.63) is 48.2 Å². The molecule has 0 aliphatic carbocycles. The van der Waals surface area contributed by atoms with E-state index in [1.54, 1.807) is 0 Å².